The molecule has 0 bridgehead atoms. The Kier molecular flexibility index (Phi) is 4.42. The van der Waals surface area contributed by atoms with E-state index in [-0.39, 0.29) is 0 Å². The molecular formula is C13H18ClNS. The van der Waals surface area contributed by atoms with Gasteiger partial charge in [0.25, 0.3) is 0 Å². The molecule has 0 radical (unpaired) electrons. The van der Waals surface area contributed by atoms with E-state index in [9.17, 15) is 0 Å². The van der Waals surface area contributed by atoms with Crippen molar-refractivity contribution < 1.29 is 0 Å². The maximum absolute atomic E-state index is 6.15. The average Bonchev–Trinajstić information content (AvgIpc) is 2.30. The summed E-state index contributed by atoms with van der Waals surface area (Å²) in [6.07, 6.45) is 6.94. The van der Waals surface area contributed by atoms with Gasteiger partial charge in [-0.05, 0) is 30.9 Å². The largest absolute Gasteiger partial charge is 0.398 e. The van der Waals surface area contributed by atoms with Gasteiger partial charge in [-0.2, -0.15) is 0 Å². The van der Waals surface area contributed by atoms with Crippen LogP contribution in [0.3, 0.4) is 0 Å². The third-order valence-corrected chi connectivity index (χ3v) is 4.99. The summed E-state index contributed by atoms with van der Waals surface area (Å²) in [6.45, 7) is 0. The van der Waals surface area contributed by atoms with Crippen molar-refractivity contribution in [2.75, 3.05) is 11.5 Å². The van der Waals surface area contributed by atoms with E-state index < -0.39 is 0 Å². The number of nitrogens with two attached hydrogens (primary N) is 1. The van der Waals surface area contributed by atoms with Gasteiger partial charge in [0.1, 0.15) is 0 Å². The number of hydrogen-bond donors (Lipinski definition) is 1. The monoisotopic (exact) mass is 255 g/mol. The third-order valence-electron chi connectivity index (χ3n) is 3.19. The lowest BCUT2D eigenvalue weighted by molar-refractivity contribution is 0.391. The SMILES string of the molecule is Nc1cccc(Cl)c1SCC1CCCCC1. The standard InChI is InChI=1S/C13H18ClNS/c14-11-7-4-8-12(15)13(11)16-9-10-5-2-1-3-6-10/h4,7-8,10H,1-3,5-6,9,15H2. The van der Waals surface area contributed by atoms with Crippen LogP contribution in [0.4, 0.5) is 5.69 Å². The van der Waals surface area contributed by atoms with Gasteiger partial charge in [0, 0.05) is 16.3 Å². The van der Waals surface area contributed by atoms with Crippen molar-refractivity contribution in [1.82, 2.24) is 0 Å². The molecule has 1 aliphatic carbocycles. The number of nitrogen functional groups attached to an aromatic ring is 1. The van der Waals surface area contributed by atoms with Crippen LogP contribution in [-0.2, 0) is 0 Å². The fourth-order valence-electron chi connectivity index (χ4n) is 2.23. The first-order valence-corrected chi connectivity index (χ1v) is 7.30. The molecule has 0 aromatic heterocycles. The molecule has 3 heteroatoms. The number of halogens is 1. The van der Waals surface area contributed by atoms with E-state index in [1.807, 2.05) is 30.0 Å². The Hall–Kier alpha value is -0.340. The summed E-state index contributed by atoms with van der Waals surface area (Å²) in [7, 11) is 0. The highest BCUT2D eigenvalue weighted by Gasteiger charge is 2.15. The van der Waals surface area contributed by atoms with E-state index in [4.69, 9.17) is 17.3 Å². The molecule has 2 N–H and O–H groups in total. The van der Waals surface area contributed by atoms with Crippen molar-refractivity contribution in [2.24, 2.45) is 5.92 Å². The van der Waals surface area contributed by atoms with Crippen LogP contribution >= 0.6 is 23.4 Å². The lowest BCUT2D eigenvalue weighted by atomic mass is 9.91. The summed E-state index contributed by atoms with van der Waals surface area (Å²) in [5, 5.41) is 0.792. The molecule has 0 unspecified atom stereocenters. The second kappa shape index (κ2) is 5.83. The summed E-state index contributed by atoms with van der Waals surface area (Å²) in [5.41, 5.74) is 6.74. The molecule has 0 spiro atoms. The maximum Gasteiger partial charge on any atom is 0.0562 e. The number of thioether (sulfide) groups is 1. The van der Waals surface area contributed by atoms with E-state index in [1.165, 1.54) is 32.1 Å². The minimum Gasteiger partial charge on any atom is -0.398 e. The van der Waals surface area contributed by atoms with Crippen molar-refractivity contribution in [2.45, 2.75) is 37.0 Å². The Balaban J connectivity index is 1.93. The van der Waals surface area contributed by atoms with Crippen LogP contribution in [0.1, 0.15) is 32.1 Å². The molecule has 0 atom stereocenters. The predicted molar refractivity (Wildman–Crippen MR) is 73.2 cm³/mol. The lowest BCUT2D eigenvalue weighted by Gasteiger charge is -2.21. The minimum absolute atomic E-state index is 0.792. The highest BCUT2D eigenvalue weighted by atomic mass is 35.5. The second-order valence-electron chi connectivity index (χ2n) is 4.47. The van der Waals surface area contributed by atoms with Crippen LogP contribution in [0.25, 0.3) is 0 Å². The van der Waals surface area contributed by atoms with Gasteiger partial charge in [-0.1, -0.05) is 36.9 Å². The van der Waals surface area contributed by atoms with Crippen LogP contribution < -0.4 is 5.73 Å². The van der Waals surface area contributed by atoms with E-state index in [2.05, 4.69) is 0 Å². The second-order valence-corrected chi connectivity index (χ2v) is 5.91. The van der Waals surface area contributed by atoms with E-state index in [1.54, 1.807) is 0 Å². The first-order valence-electron chi connectivity index (χ1n) is 5.94. The molecule has 2 rings (SSSR count). The van der Waals surface area contributed by atoms with Crippen LogP contribution in [0.2, 0.25) is 5.02 Å². The number of anilines is 1. The first-order chi connectivity index (χ1) is 7.77. The molecule has 0 amide bonds. The Bertz CT molecular complexity index is 328. The third kappa shape index (κ3) is 3.08. The summed E-state index contributed by atoms with van der Waals surface area (Å²) < 4.78 is 0. The molecule has 1 aromatic rings. The topological polar surface area (TPSA) is 26.0 Å². The summed E-state index contributed by atoms with van der Waals surface area (Å²) in [5.74, 6) is 2.02. The molecule has 1 aromatic carbocycles. The van der Waals surface area contributed by atoms with E-state index in [0.29, 0.717) is 0 Å². The molecule has 16 heavy (non-hydrogen) atoms. The molecule has 88 valence electrons. The highest BCUT2D eigenvalue weighted by Crippen LogP contribution is 2.36. The van der Waals surface area contributed by atoms with Gasteiger partial charge in [0.2, 0.25) is 0 Å². The summed E-state index contributed by atoms with van der Waals surface area (Å²) >= 11 is 7.97. The predicted octanol–water partition coefficient (Wildman–Crippen LogP) is 4.59. The number of rotatable bonds is 3. The zero-order valence-electron chi connectivity index (χ0n) is 9.42. The minimum atomic E-state index is 0.792. The molecular weight excluding hydrogens is 238 g/mol. The fourth-order valence-corrected chi connectivity index (χ4v) is 3.75. The Morgan fingerprint density at radius 2 is 2.00 bits per heavy atom. The zero-order valence-corrected chi connectivity index (χ0v) is 11.0. The van der Waals surface area contributed by atoms with Gasteiger partial charge in [0.15, 0.2) is 0 Å². The van der Waals surface area contributed by atoms with Gasteiger partial charge in [-0.25, -0.2) is 0 Å². The highest BCUT2D eigenvalue weighted by molar-refractivity contribution is 7.99. The van der Waals surface area contributed by atoms with Crippen molar-refractivity contribution in [3.8, 4) is 0 Å². The van der Waals surface area contributed by atoms with E-state index >= 15 is 0 Å². The van der Waals surface area contributed by atoms with Gasteiger partial charge in [-0.3, -0.25) is 0 Å². The van der Waals surface area contributed by atoms with Gasteiger partial charge in [0.05, 0.1) is 5.02 Å². The molecule has 1 aliphatic rings. The Morgan fingerprint density at radius 3 is 2.69 bits per heavy atom. The lowest BCUT2D eigenvalue weighted by Crippen LogP contribution is -2.08. The molecule has 0 saturated heterocycles. The molecule has 0 heterocycles. The van der Waals surface area contributed by atoms with E-state index in [0.717, 1.165) is 27.3 Å². The normalized spacial score (nSPS) is 17.6. The van der Waals surface area contributed by atoms with Crippen molar-refractivity contribution >= 4 is 29.1 Å². The van der Waals surface area contributed by atoms with Crippen LogP contribution in [-0.4, -0.2) is 5.75 Å². The first kappa shape index (κ1) is 12.1. The average molecular weight is 256 g/mol. The van der Waals surface area contributed by atoms with Gasteiger partial charge < -0.3 is 5.73 Å². The summed E-state index contributed by atoms with van der Waals surface area (Å²) in [4.78, 5) is 1.06. The molecule has 0 aliphatic heterocycles. The fraction of sp³-hybridized carbons (Fsp3) is 0.538. The quantitative estimate of drug-likeness (QED) is 0.631. The Morgan fingerprint density at radius 1 is 1.25 bits per heavy atom. The maximum atomic E-state index is 6.15. The zero-order chi connectivity index (χ0) is 11.4. The smallest absolute Gasteiger partial charge is 0.0562 e. The molecule has 1 nitrogen and oxygen atoms in total. The number of hydrogen-bond acceptors (Lipinski definition) is 2. The van der Waals surface area contributed by atoms with Crippen LogP contribution in [0.15, 0.2) is 23.1 Å². The molecule has 1 fully saturated rings. The van der Waals surface area contributed by atoms with Gasteiger partial charge >= 0.3 is 0 Å². The van der Waals surface area contributed by atoms with Crippen LogP contribution in [0.5, 0.6) is 0 Å². The molecule has 1 saturated carbocycles. The van der Waals surface area contributed by atoms with Crippen molar-refractivity contribution in [3.63, 3.8) is 0 Å². The summed E-state index contributed by atoms with van der Waals surface area (Å²) in [6, 6.07) is 5.75. The van der Waals surface area contributed by atoms with Crippen molar-refractivity contribution in [3.05, 3.63) is 23.2 Å². The van der Waals surface area contributed by atoms with Crippen molar-refractivity contribution in [1.29, 1.82) is 0 Å². The van der Waals surface area contributed by atoms with Crippen LogP contribution in [0, 0.1) is 5.92 Å². The Labute approximate surface area is 107 Å². The number of benzene rings is 1. The van der Waals surface area contributed by atoms with Gasteiger partial charge in [-0.15, -0.1) is 11.8 Å².